The van der Waals surface area contributed by atoms with Gasteiger partial charge in [-0.15, -0.1) is 0 Å². The number of aliphatic hydroxyl groups is 1. The van der Waals surface area contributed by atoms with E-state index >= 15 is 0 Å². The van der Waals surface area contributed by atoms with E-state index in [1.807, 2.05) is 13.8 Å². The third kappa shape index (κ3) is 4.80. The first-order valence-electron chi connectivity index (χ1n) is 6.80. The molecule has 1 aliphatic heterocycles. The number of nitrogens with one attached hydrogen (secondary N) is 1. The molecule has 2 unspecified atom stereocenters. The van der Waals surface area contributed by atoms with Crippen LogP contribution < -0.4 is 5.32 Å². The lowest BCUT2D eigenvalue weighted by molar-refractivity contribution is -0.145. The number of piperidine rings is 1. The fourth-order valence-electron chi connectivity index (χ4n) is 2.10. The van der Waals surface area contributed by atoms with Gasteiger partial charge in [-0.05, 0) is 25.7 Å². The number of likely N-dealkylation sites (tertiary alicyclic amines) is 1. The molecular weight excluding hydrogens is 248 g/mol. The van der Waals surface area contributed by atoms with E-state index in [2.05, 4.69) is 5.32 Å². The largest absolute Gasteiger partial charge is 0.481 e. The van der Waals surface area contributed by atoms with Gasteiger partial charge in [0.25, 0.3) is 0 Å². The fraction of sp³-hybridized carbons (Fsp3) is 0.846. The number of carbonyl (C=O) groups excluding carboxylic acids is 1. The molecule has 6 nitrogen and oxygen atoms in total. The molecule has 0 aromatic heterocycles. The van der Waals surface area contributed by atoms with Crippen LogP contribution in [-0.2, 0) is 9.59 Å². The highest BCUT2D eigenvalue weighted by Gasteiger charge is 2.26. The Kier molecular flexibility index (Phi) is 6.24. The van der Waals surface area contributed by atoms with Gasteiger partial charge in [0.1, 0.15) is 0 Å². The van der Waals surface area contributed by atoms with Crippen molar-refractivity contribution in [1.29, 1.82) is 0 Å². The van der Waals surface area contributed by atoms with Crippen molar-refractivity contribution in [3.63, 3.8) is 0 Å². The molecule has 0 radical (unpaired) electrons. The molecule has 0 aromatic carbocycles. The van der Waals surface area contributed by atoms with Crippen LogP contribution in [0.2, 0.25) is 0 Å². The fourth-order valence-corrected chi connectivity index (χ4v) is 2.10. The third-order valence-electron chi connectivity index (χ3n) is 3.91. The third-order valence-corrected chi connectivity index (χ3v) is 3.91. The zero-order valence-corrected chi connectivity index (χ0v) is 11.6. The van der Waals surface area contributed by atoms with Crippen LogP contribution in [0.3, 0.4) is 0 Å². The monoisotopic (exact) mass is 272 g/mol. The number of carboxylic acids is 1. The molecular formula is C13H24N2O4. The molecule has 0 bridgehead atoms. The molecule has 19 heavy (non-hydrogen) atoms. The van der Waals surface area contributed by atoms with Crippen molar-refractivity contribution in [2.75, 3.05) is 26.2 Å². The summed E-state index contributed by atoms with van der Waals surface area (Å²) in [5.41, 5.74) is 0. The molecule has 1 rings (SSSR count). The number of hydrogen-bond acceptors (Lipinski definition) is 4. The van der Waals surface area contributed by atoms with E-state index in [0.717, 1.165) is 0 Å². The predicted molar refractivity (Wildman–Crippen MR) is 70.7 cm³/mol. The lowest BCUT2D eigenvalue weighted by Gasteiger charge is -2.31. The van der Waals surface area contributed by atoms with Crippen LogP contribution >= 0.6 is 0 Å². The number of carbonyl (C=O) groups is 2. The summed E-state index contributed by atoms with van der Waals surface area (Å²) < 4.78 is 0. The van der Waals surface area contributed by atoms with Gasteiger partial charge in [-0.3, -0.25) is 9.59 Å². The highest BCUT2D eigenvalue weighted by Crippen LogP contribution is 2.17. The molecule has 0 aliphatic carbocycles. The minimum absolute atomic E-state index is 0.000767. The quantitative estimate of drug-likeness (QED) is 0.629. The second-order valence-electron chi connectivity index (χ2n) is 5.32. The van der Waals surface area contributed by atoms with Crippen molar-refractivity contribution in [2.45, 2.75) is 32.7 Å². The second kappa shape index (κ2) is 7.45. The predicted octanol–water partition coefficient (Wildman–Crippen LogP) is -0.0839. The SMILES string of the molecule is CC(CO)C(C)NCC(=O)N1CCC(C(=O)O)CC1. The smallest absolute Gasteiger partial charge is 0.306 e. The topological polar surface area (TPSA) is 89.9 Å². The maximum Gasteiger partial charge on any atom is 0.306 e. The van der Waals surface area contributed by atoms with Gasteiger partial charge >= 0.3 is 5.97 Å². The van der Waals surface area contributed by atoms with Gasteiger partial charge in [-0.25, -0.2) is 0 Å². The summed E-state index contributed by atoms with van der Waals surface area (Å²) in [5, 5.41) is 21.0. The minimum atomic E-state index is -0.768. The van der Waals surface area contributed by atoms with E-state index < -0.39 is 5.97 Å². The Morgan fingerprint density at radius 1 is 1.32 bits per heavy atom. The van der Waals surface area contributed by atoms with Gasteiger partial charge in [0, 0.05) is 25.7 Å². The summed E-state index contributed by atoms with van der Waals surface area (Å²) in [6.07, 6.45) is 1.06. The summed E-state index contributed by atoms with van der Waals surface area (Å²) >= 11 is 0. The molecule has 3 N–H and O–H groups in total. The summed E-state index contributed by atoms with van der Waals surface area (Å²) in [7, 11) is 0. The van der Waals surface area contributed by atoms with Gasteiger partial charge in [0.2, 0.25) is 5.91 Å². The van der Waals surface area contributed by atoms with Crippen molar-refractivity contribution >= 4 is 11.9 Å². The Labute approximate surface area is 113 Å². The maximum absolute atomic E-state index is 11.9. The lowest BCUT2D eigenvalue weighted by atomic mass is 9.97. The maximum atomic E-state index is 11.9. The molecule has 0 saturated carbocycles. The number of rotatable bonds is 6. The molecule has 1 saturated heterocycles. The molecule has 1 aliphatic rings. The van der Waals surface area contributed by atoms with Gasteiger partial charge in [0.15, 0.2) is 0 Å². The number of carboxylic acid groups (broad SMARTS) is 1. The number of aliphatic carboxylic acids is 1. The first kappa shape index (κ1) is 15.9. The van der Waals surface area contributed by atoms with Crippen LogP contribution in [0.15, 0.2) is 0 Å². The van der Waals surface area contributed by atoms with E-state index in [0.29, 0.717) is 25.9 Å². The minimum Gasteiger partial charge on any atom is -0.481 e. The number of nitrogens with zero attached hydrogens (tertiary/aromatic N) is 1. The van der Waals surface area contributed by atoms with Crippen molar-refractivity contribution in [2.24, 2.45) is 11.8 Å². The molecule has 6 heteroatoms. The van der Waals surface area contributed by atoms with Gasteiger partial charge < -0.3 is 20.4 Å². The van der Waals surface area contributed by atoms with Gasteiger partial charge in [0.05, 0.1) is 12.5 Å². The van der Waals surface area contributed by atoms with E-state index in [9.17, 15) is 9.59 Å². The van der Waals surface area contributed by atoms with Crippen LogP contribution in [0.1, 0.15) is 26.7 Å². The second-order valence-corrected chi connectivity index (χ2v) is 5.32. The van der Waals surface area contributed by atoms with Crippen molar-refractivity contribution in [1.82, 2.24) is 10.2 Å². The van der Waals surface area contributed by atoms with Crippen molar-refractivity contribution in [3.05, 3.63) is 0 Å². The summed E-state index contributed by atoms with van der Waals surface area (Å²) in [6.45, 7) is 5.21. The number of aliphatic hydroxyl groups excluding tert-OH is 1. The Bertz CT molecular complexity index is 314. The van der Waals surface area contributed by atoms with Crippen LogP contribution in [0.5, 0.6) is 0 Å². The zero-order chi connectivity index (χ0) is 14.4. The summed E-state index contributed by atoms with van der Waals surface area (Å²) in [6, 6.07) is 0.0745. The van der Waals surface area contributed by atoms with Crippen LogP contribution in [0, 0.1) is 11.8 Å². The molecule has 110 valence electrons. The van der Waals surface area contributed by atoms with E-state index in [-0.39, 0.29) is 36.9 Å². The van der Waals surface area contributed by atoms with E-state index in [1.54, 1.807) is 4.90 Å². The first-order chi connectivity index (χ1) is 8.95. The van der Waals surface area contributed by atoms with Crippen LogP contribution in [-0.4, -0.2) is 59.3 Å². The zero-order valence-electron chi connectivity index (χ0n) is 11.6. The van der Waals surface area contributed by atoms with E-state index in [1.165, 1.54) is 0 Å². The van der Waals surface area contributed by atoms with Crippen molar-refractivity contribution in [3.8, 4) is 0 Å². The normalized spacial score (nSPS) is 20.1. The number of hydrogen-bond donors (Lipinski definition) is 3. The molecule has 0 aromatic rings. The molecule has 1 amide bonds. The van der Waals surface area contributed by atoms with Crippen LogP contribution in [0.4, 0.5) is 0 Å². The lowest BCUT2D eigenvalue weighted by Crippen LogP contribution is -2.46. The summed E-state index contributed by atoms with van der Waals surface area (Å²) in [5.74, 6) is -0.979. The highest BCUT2D eigenvalue weighted by atomic mass is 16.4. The Balaban J connectivity index is 2.30. The van der Waals surface area contributed by atoms with E-state index in [4.69, 9.17) is 10.2 Å². The Hall–Kier alpha value is -1.14. The number of amides is 1. The van der Waals surface area contributed by atoms with Gasteiger partial charge in [-0.2, -0.15) is 0 Å². The molecule has 2 atom stereocenters. The van der Waals surface area contributed by atoms with Crippen molar-refractivity contribution < 1.29 is 19.8 Å². The van der Waals surface area contributed by atoms with Gasteiger partial charge in [-0.1, -0.05) is 6.92 Å². The average molecular weight is 272 g/mol. The average Bonchev–Trinajstić information content (AvgIpc) is 2.43. The standard InChI is InChI=1S/C13H24N2O4/c1-9(8-16)10(2)14-7-12(17)15-5-3-11(4-6-15)13(18)19/h9-11,14,16H,3-8H2,1-2H3,(H,18,19). The molecule has 1 fully saturated rings. The van der Waals surface area contributed by atoms with Crippen LogP contribution in [0.25, 0.3) is 0 Å². The molecule has 0 spiro atoms. The highest BCUT2D eigenvalue weighted by molar-refractivity contribution is 5.79. The Morgan fingerprint density at radius 2 is 1.89 bits per heavy atom. The Morgan fingerprint density at radius 3 is 2.37 bits per heavy atom. The molecule has 1 heterocycles. The summed E-state index contributed by atoms with van der Waals surface area (Å²) in [4.78, 5) is 24.5. The first-order valence-corrected chi connectivity index (χ1v) is 6.80.